The van der Waals surface area contributed by atoms with Crippen molar-refractivity contribution >= 4 is 38.7 Å². The smallest absolute Gasteiger partial charge is 0.273 e. The van der Waals surface area contributed by atoms with E-state index in [1.807, 2.05) is 0 Å². The van der Waals surface area contributed by atoms with E-state index in [2.05, 4.69) is 15.2 Å². The van der Waals surface area contributed by atoms with Gasteiger partial charge in [0.25, 0.3) is 15.9 Å². The highest BCUT2D eigenvalue weighted by Crippen LogP contribution is 2.22. The Hall–Kier alpha value is -2.91. The lowest BCUT2D eigenvalue weighted by Crippen LogP contribution is -2.22. The van der Waals surface area contributed by atoms with Crippen LogP contribution in [0.15, 0.2) is 73.9 Å². The predicted molar refractivity (Wildman–Crippen MR) is 100.0 cm³/mol. The first-order valence-corrected chi connectivity index (χ1v) is 9.87. The number of hydrogen-bond acceptors (Lipinski definition) is 6. The third-order valence-electron chi connectivity index (χ3n) is 3.38. The van der Waals surface area contributed by atoms with Gasteiger partial charge in [-0.05, 0) is 42.6 Å². The lowest BCUT2D eigenvalue weighted by Gasteiger charge is -2.10. The molecule has 0 aliphatic rings. The van der Waals surface area contributed by atoms with Crippen LogP contribution in [0.4, 0.5) is 5.69 Å². The van der Waals surface area contributed by atoms with Crippen molar-refractivity contribution in [3.63, 3.8) is 0 Å². The van der Waals surface area contributed by atoms with Crippen LogP contribution >= 0.6 is 11.3 Å². The summed E-state index contributed by atoms with van der Waals surface area (Å²) >= 11 is 1.09. The highest BCUT2D eigenvalue weighted by Gasteiger charge is 2.19. The fourth-order valence-electron chi connectivity index (χ4n) is 2.12. The minimum atomic E-state index is -3.76. The Bertz CT molecular complexity index is 1020. The van der Waals surface area contributed by atoms with Crippen molar-refractivity contribution in [2.45, 2.75) is 11.1 Å². The first kappa shape index (κ1) is 17.9. The zero-order chi connectivity index (χ0) is 18.6. The summed E-state index contributed by atoms with van der Waals surface area (Å²) in [6, 6.07) is 12.9. The molecule has 9 heteroatoms. The maximum absolute atomic E-state index is 12.4. The van der Waals surface area contributed by atoms with Crippen molar-refractivity contribution in [3.8, 4) is 0 Å². The van der Waals surface area contributed by atoms with E-state index in [0.29, 0.717) is 11.5 Å². The number of nitrogens with zero attached hydrogens (tertiary/aromatic N) is 1. The summed E-state index contributed by atoms with van der Waals surface area (Å²) in [7, 11) is -3.76. The second-order valence-electron chi connectivity index (χ2n) is 5.20. The van der Waals surface area contributed by atoms with Crippen LogP contribution in [0.1, 0.15) is 23.0 Å². The molecule has 0 saturated heterocycles. The molecule has 0 fully saturated rings. The molecule has 0 aliphatic carbocycles. The van der Waals surface area contributed by atoms with Crippen molar-refractivity contribution < 1.29 is 17.6 Å². The van der Waals surface area contributed by atoms with Gasteiger partial charge < -0.3 is 4.42 Å². The molecule has 0 radical (unpaired) electrons. The Morgan fingerprint density at radius 2 is 1.92 bits per heavy atom. The summed E-state index contributed by atoms with van der Waals surface area (Å²) in [5, 5.41) is 5.64. The topological polar surface area (TPSA) is 101 Å². The lowest BCUT2D eigenvalue weighted by atomic mass is 10.2. The molecule has 2 heterocycles. The van der Waals surface area contributed by atoms with Gasteiger partial charge in [-0.3, -0.25) is 9.52 Å². The van der Waals surface area contributed by atoms with E-state index in [4.69, 9.17) is 4.42 Å². The Morgan fingerprint density at radius 3 is 2.62 bits per heavy atom. The zero-order valence-electron chi connectivity index (χ0n) is 13.7. The minimum Gasteiger partial charge on any atom is -0.463 e. The molecule has 26 heavy (non-hydrogen) atoms. The van der Waals surface area contributed by atoms with E-state index in [1.54, 1.807) is 42.6 Å². The maximum Gasteiger partial charge on any atom is 0.273 e. The number of para-hydroxylation sites is 1. The van der Waals surface area contributed by atoms with E-state index >= 15 is 0 Å². The summed E-state index contributed by atoms with van der Waals surface area (Å²) in [4.78, 5) is 12.4. The summed E-state index contributed by atoms with van der Waals surface area (Å²) in [5.41, 5.74) is 3.22. The maximum atomic E-state index is 12.4. The molecule has 2 N–H and O–H groups in total. The van der Waals surface area contributed by atoms with Gasteiger partial charge in [0.15, 0.2) is 0 Å². The van der Waals surface area contributed by atoms with Crippen LogP contribution < -0.4 is 10.1 Å². The lowest BCUT2D eigenvalue weighted by molar-refractivity contribution is 0.0955. The first-order chi connectivity index (χ1) is 12.5. The molecule has 3 rings (SSSR count). The molecule has 1 amide bonds. The van der Waals surface area contributed by atoms with Gasteiger partial charge in [0.1, 0.15) is 15.7 Å². The van der Waals surface area contributed by atoms with Gasteiger partial charge in [-0.1, -0.05) is 18.2 Å². The largest absolute Gasteiger partial charge is 0.463 e. The molecule has 3 aromatic rings. The van der Waals surface area contributed by atoms with Crippen LogP contribution in [-0.4, -0.2) is 20.0 Å². The normalized spacial score (nSPS) is 12.0. The van der Waals surface area contributed by atoms with E-state index < -0.39 is 15.9 Å². The molecule has 0 spiro atoms. The van der Waals surface area contributed by atoms with Crippen molar-refractivity contribution in [3.05, 3.63) is 71.5 Å². The molecule has 0 unspecified atom stereocenters. The second kappa shape index (κ2) is 7.54. The molecule has 0 saturated carbocycles. The average Bonchev–Trinajstić information content (AvgIpc) is 3.33. The monoisotopic (exact) mass is 389 g/mol. The van der Waals surface area contributed by atoms with Gasteiger partial charge in [0.05, 0.1) is 17.5 Å². The average molecular weight is 389 g/mol. The number of furan rings is 1. The van der Waals surface area contributed by atoms with Crippen molar-refractivity contribution in [1.29, 1.82) is 0 Å². The van der Waals surface area contributed by atoms with Crippen molar-refractivity contribution in [2.24, 2.45) is 5.10 Å². The molecule has 2 aromatic heterocycles. The predicted octanol–water partition coefficient (Wildman–Crippen LogP) is 3.30. The van der Waals surface area contributed by atoms with Gasteiger partial charge in [-0.15, -0.1) is 11.3 Å². The molecule has 134 valence electrons. The number of hydrazone groups is 1. The highest BCUT2D eigenvalue weighted by molar-refractivity contribution is 7.94. The molecular formula is C17H15N3O4S2. The number of carbonyl (C=O) groups excluding carboxylic acids is 1. The number of anilines is 1. The van der Waals surface area contributed by atoms with Crippen LogP contribution in [0.2, 0.25) is 0 Å². The number of sulfonamides is 1. The van der Waals surface area contributed by atoms with Crippen LogP contribution in [0.25, 0.3) is 0 Å². The summed E-state index contributed by atoms with van der Waals surface area (Å²) < 4.78 is 32.6. The number of carbonyl (C=O) groups is 1. The second-order valence-corrected chi connectivity index (χ2v) is 8.06. The number of benzene rings is 1. The quantitative estimate of drug-likeness (QED) is 0.499. The SMILES string of the molecule is C/C(=N/NC(=O)c1ccccc1NS(=O)(=O)c1cccs1)c1ccco1. The van der Waals surface area contributed by atoms with Crippen LogP contribution in [0.3, 0.4) is 0 Å². The number of thiophene rings is 1. The minimum absolute atomic E-state index is 0.156. The van der Waals surface area contributed by atoms with Crippen molar-refractivity contribution in [1.82, 2.24) is 5.43 Å². The summed E-state index contributed by atoms with van der Waals surface area (Å²) in [5.74, 6) is -0.0163. The van der Waals surface area contributed by atoms with E-state index in [0.717, 1.165) is 11.3 Å². The fraction of sp³-hybridized carbons (Fsp3) is 0.0588. The van der Waals surface area contributed by atoms with Gasteiger partial charge in [-0.25, -0.2) is 13.8 Å². The summed E-state index contributed by atoms with van der Waals surface area (Å²) in [6.45, 7) is 1.69. The van der Waals surface area contributed by atoms with Gasteiger partial charge in [-0.2, -0.15) is 5.10 Å². The van der Waals surface area contributed by atoms with Gasteiger partial charge in [0, 0.05) is 0 Å². The first-order valence-electron chi connectivity index (χ1n) is 7.51. The van der Waals surface area contributed by atoms with E-state index in [-0.39, 0.29) is 15.5 Å². The molecule has 0 bridgehead atoms. The molecule has 7 nitrogen and oxygen atoms in total. The van der Waals surface area contributed by atoms with Crippen LogP contribution in [-0.2, 0) is 10.0 Å². The van der Waals surface area contributed by atoms with Crippen molar-refractivity contribution in [2.75, 3.05) is 4.72 Å². The standard InChI is InChI=1S/C17H15N3O4S2/c1-12(15-8-4-10-24-15)18-19-17(21)13-6-2-3-7-14(13)20-26(22,23)16-9-5-11-25-16/h2-11,20H,1H3,(H,19,21)/b18-12-. The Morgan fingerprint density at radius 1 is 1.12 bits per heavy atom. The summed E-state index contributed by atoms with van der Waals surface area (Å²) in [6.07, 6.45) is 1.50. The zero-order valence-corrected chi connectivity index (χ0v) is 15.3. The molecule has 0 aliphatic heterocycles. The number of rotatable bonds is 6. The molecule has 1 aromatic carbocycles. The Labute approximate surface area is 154 Å². The fourth-order valence-corrected chi connectivity index (χ4v) is 4.19. The van der Waals surface area contributed by atoms with Gasteiger partial charge >= 0.3 is 0 Å². The Kier molecular flexibility index (Phi) is 5.19. The Balaban J connectivity index is 1.81. The van der Waals surface area contributed by atoms with E-state index in [9.17, 15) is 13.2 Å². The third kappa shape index (κ3) is 4.01. The van der Waals surface area contributed by atoms with Crippen LogP contribution in [0.5, 0.6) is 0 Å². The molecular weight excluding hydrogens is 374 g/mol. The third-order valence-corrected chi connectivity index (χ3v) is 6.14. The highest BCUT2D eigenvalue weighted by atomic mass is 32.2. The number of amides is 1. The van der Waals surface area contributed by atoms with Crippen LogP contribution in [0, 0.1) is 0 Å². The van der Waals surface area contributed by atoms with E-state index in [1.165, 1.54) is 24.5 Å². The number of nitrogens with one attached hydrogen (secondary N) is 2. The number of hydrogen-bond donors (Lipinski definition) is 2. The molecule has 0 atom stereocenters. The van der Waals surface area contributed by atoms with Gasteiger partial charge in [0.2, 0.25) is 0 Å².